The van der Waals surface area contributed by atoms with Crippen LogP contribution in [-0.2, 0) is 6.42 Å². The number of hydrogen-bond acceptors (Lipinski definition) is 3. The number of carbonyl (C=O) groups is 1. The Morgan fingerprint density at radius 1 is 1.26 bits per heavy atom. The zero-order chi connectivity index (χ0) is 16.2. The first-order valence-electron chi connectivity index (χ1n) is 8.02. The van der Waals surface area contributed by atoms with Crippen molar-refractivity contribution in [3.05, 3.63) is 64.7 Å². The van der Waals surface area contributed by atoms with Gasteiger partial charge in [0.1, 0.15) is 0 Å². The zero-order valence-corrected chi connectivity index (χ0v) is 13.3. The second-order valence-electron chi connectivity index (χ2n) is 6.00. The number of rotatable bonds is 5. The maximum absolute atomic E-state index is 12.0. The van der Waals surface area contributed by atoms with Crippen LogP contribution in [0.1, 0.15) is 39.5 Å². The minimum atomic E-state index is -0.162. The van der Waals surface area contributed by atoms with E-state index in [-0.39, 0.29) is 19.1 Å². The highest BCUT2D eigenvalue weighted by atomic mass is 16.3. The molecular weight excluding hydrogens is 288 g/mol. The van der Waals surface area contributed by atoms with E-state index >= 15 is 0 Å². The van der Waals surface area contributed by atoms with Crippen LogP contribution in [0.3, 0.4) is 0 Å². The Hall–Kier alpha value is -2.33. The Morgan fingerprint density at radius 2 is 2.13 bits per heavy atom. The third-order valence-corrected chi connectivity index (χ3v) is 4.24. The molecule has 2 aromatic rings. The molecule has 0 radical (unpaired) electrons. The third kappa shape index (κ3) is 3.54. The normalized spacial score (nSPS) is 16.0. The van der Waals surface area contributed by atoms with Crippen molar-refractivity contribution in [1.82, 2.24) is 5.32 Å². The van der Waals surface area contributed by atoms with E-state index in [4.69, 9.17) is 5.11 Å². The molecule has 0 aromatic heterocycles. The number of nitrogens with one attached hydrogen (secondary N) is 2. The monoisotopic (exact) mass is 310 g/mol. The first-order chi connectivity index (χ1) is 11.2. The Kier molecular flexibility index (Phi) is 4.63. The third-order valence-electron chi connectivity index (χ3n) is 4.24. The molecule has 3 N–H and O–H groups in total. The summed E-state index contributed by atoms with van der Waals surface area (Å²) in [6, 6.07) is 14.4. The molecule has 120 valence electrons. The number of aliphatic hydroxyl groups is 1. The SMILES string of the molecule is Cc1ccc2c(c1)C(Nc1cccc(C(=O)NCCO)c1)CC2. The first kappa shape index (κ1) is 15.6. The van der Waals surface area contributed by atoms with Gasteiger partial charge < -0.3 is 15.7 Å². The summed E-state index contributed by atoms with van der Waals surface area (Å²) in [5.41, 5.74) is 5.59. The highest BCUT2D eigenvalue weighted by Gasteiger charge is 2.22. The molecule has 23 heavy (non-hydrogen) atoms. The van der Waals surface area contributed by atoms with E-state index in [1.54, 1.807) is 6.07 Å². The van der Waals surface area contributed by atoms with Crippen LogP contribution in [-0.4, -0.2) is 24.2 Å². The van der Waals surface area contributed by atoms with E-state index < -0.39 is 0 Å². The van der Waals surface area contributed by atoms with Gasteiger partial charge in [-0.25, -0.2) is 0 Å². The predicted molar refractivity (Wildman–Crippen MR) is 91.7 cm³/mol. The van der Waals surface area contributed by atoms with Gasteiger partial charge in [0.25, 0.3) is 5.91 Å². The van der Waals surface area contributed by atoms with Crippen LogP contribution < -0.4 is 10.6 Å². The fourth-order valence-electron chi connectivity index (χ4n) is 3.09. The lowest BCUT2D eigenvalue weighted by molar-refractivity contribution is 0.0945. The summed E-state index contributed by atoms with van der Waals surface area (Å²) in [6.45, 7) is 2.33. The predicted octanol–water partition coefficient (Wildman–Crippen LogP) is 2.82. The fourth-order valence-corrected chi connectivity index (χ4v) is 3.09. The van der Waals surface area contributed by atoms with Crippen LogP contribution >= 0.6 is 0 Å². The Bertz CT molecular complexity index is 712. The summed E-state index contributed by atoms with van der Waals surface area (Å²) < 4.78 is 0. The molecule has 3 rings (SSSR count). The highest BCUT2D eigenvalue weighted by molar-refractivity contribution is 5.95. The van der Waals surface area contributed by atoms with E-state index in [2.05, 4.69) is 35.8 Å². The Morgan fingerprint density at radius 3 is 2.96 bits per heavy atom. The topological polar surface area (TPSA) is 61.4 Å². The summed E-state index contributed by atoms with van der Waals surface area (Å²) in [6.07, 6.45) is 2.16. The van der Waals surface area contributed by atoms with E-state index in [0.29, 0.717) is 11.6 Å². The second kappa shape index (κ2) is 6.84. The van der Waals surface area contributed by atoms with Crippen LogP contribution in [0.2, 0.25) is 0 Å². The molecule has 1 aliphatic rings. The van der Waals surface area contributed by atoms with Crippen molar-refractivity contribution in [2.24, 2.45) is 0 Å². The van der Waals surface area contributed by atoms with Gasteiger partial charge in [-0.3, -0.25) is 4.79 Å². The average Bonchev–Trinajstić information content (AvgIpc) is 2.95. The summed E-state index contributed by atoms with van der Waals surface area (Å²) in [5.74, 6) is -0.162. The molecule has 0 bridgehead atoms. The number of carbonyl (C=O) groups excluding carboxylic acids is 1. The average molecular weight is 310 g/mol. The number of benzene rings is 2. The first-order valence-corrected chi connectivity index (χ1v) is 8.02. The molecule has 2 aromatic carbocycles. The summed E-state index contributed by atoms with van der Waals surface area (Å²) in [5, 5.41) is 15.0. The van der Waals surface area contributed by atoms with Crippen LogP contribution in [0.15, 0.2) is 42.5 Å². The number of aryl methyl sites for hydroxylation is 2. The van der Waals surface area contributed by atoms with E-state index in [1.165, 1.54) is 16.7 Å². The lowest BCUT2D eigenvalue weighted by Gasteiger charge is -2.16. The largest absolute Gasteiger partial charge is 0.395 e. The van der Waals surface area contributed by atoms with Crippen LogP contribution in [0.25, 0.3) is 0 Å². The molecule has 0 saturated carbocycles. The number of aliphatic hydroxyl groups excluding tert-OH is 1. The number of hydrogen-bond donors (Lipinski definition) is 3. The van der Waals surface area contributed by atoms with E-state index in [1.807, 2.05) is 18.2 Å². The Labute approximate surface area is 136 Å². The van der Waals surface area contributed by atoms with Gasteiger partial charge in [-0.2, -0.15) is 0 Å². The van der Waals surface area contributed by atoms with Crippen molar-refractivity contribution >= 4 is 11.6 Å². The number of anilines is 1. The van der Waals surface area contributed by atoms with Crippen molar-refractivity contribution in [1.29, 1.82) is 0 Å². The molecule has 1 aliphatic carbocycles. The van der Waals surface area contributed by atoms with Gasteiger partial charge >= 0.3 is 0 Å². The van der Waals surface area contributed by atoms with Crippen LogP contribution in [0.4, 0.5) is 5.69 Å². The van der Waals surface area contributed by atoms with Crippen molar-refractivity contribution in [2.75, 3.05) is 18.5 Å². The summed E-state index contributed by atoms with van der Waals surface area (Å²) in [4.78, 5) is 12.0. The van der Waals surface area contributed by atoms with Crippen molar-refractivity contribution < 1.29 is 9.90 Å². The van der Waals surface area contributed by atoms with Gasteiger partial charge in [-0.1, -0.05) is 29.8 Å². The van der Waals surface area contributed by atoms with E-state index in [0.717, 1.165) is 18.5 Å². The molecule has 1 unspecified atom stereocenters. The van der Waals surface area contributed by atoms with Gasteiger partial charge in [0, 0.05) is 17.8 Å². The zero-order valence-electron chi connectivity index (χ0n) is 13.3. The lowest BCUT2D eigenvalue weighted by Crippen LogP contribution is -2.26. The van der Waals surface area contributed by atoms with Crippen LogP contribution in [0.5, 0.6) is 0 Å². The van der Waals surface area contributed by atoms with Gasteiger partial charge in [0.05, 0.1) is 12.6 Å². The molecule has 0 saturated heterocycles. The van der Waals surface area contributed by atoms with Gasteiger partial charge in [0.15, 0.2) is 0 Å². The molecule has 1 atom stereocenters. The smallest absolute Gasteiger partial charge is 0.251 e. The molecular formula is C19H22N2O2. The molecule has 0 aliphatic heterocycles. The number of fused-ring (bicyclic) bond motifs is 1. The van der Waals surface area contributed by atoms with Gasteiger partial charge in [0.2, 0.25) is 0 Å². The molecule has 0 heterocycles. The molecule has 0 fully saturated rings. The lowest BCUT2D eigenvalue weighted by atomic mass is 10.0. The minimum Gasteiger partial charge on any atom is -0.395 e. The maximum atomic E-state index is 12.0. The molecule has 4 heteroatoms. The Balaban J connectivity index is 1.75. The van der Waals surface area contributed by atoms with E-state index in [9.17, 15) is 4.79 Å². The molecule has 1 amide bonds. The second-order valence-corrected chi connectivity index (χ2v) is 6.00. The molecule has 4 nitrogen and oxygen atoms in total. The van der Waals surface area contributed by atoms with Gasteiger partial charge in [-0.05, 0) is 49.1 Å². The minimum absolute atomic E-state index is 0.0537. The van der Waals surface area contributed by atoms with Crippen molar-refractivity contribution in [3.63, 3.8) is 0 Å². The summed E-state index contributed by atoms with van der Waals surface area (Å²) in [7, 11) is 0. The standard InChI is InChI=1S/C19H22N2O2/c1-13-5-6-14-7-8-18(17(14)11-13)21-16-4-2-3-15(12-16)19(23)20-9-10-22/h2-6,11-12,18,21-22H,7-10H2,1H3,(H,20,23). The molecule has 0 spiro atoms. The quantitative estimate of drug-likeness (QED) is 0.796. The highest BCUT2D eigenvalue weighted by Crippen LogP contribution is 2.34. The van der Waals surface area contributed by atoms with Crippen molar-refractivity contribution in [2.45, 2.75) is 25.8 Å². The summed E-state index contributed by atoms with van der Waals surface area (Å²) >= 11 is 0. The fraction of sp³-hybridized carbons (Fsp3) is 0.316. The maximum Gasteiger partial charge on any atom is 0.251 e. The van der Waals surface area contributed by atoms with Gasteiger partial charge in [-0.15, -0.1) is 0 Å². The van der Waals surface area contributed by atoms with Crippen LogP contribution in [0, 0.1) is 6.92 Å². The number of amides is 1. The van der Waals surface area contributed by atoms with Crippen molar-refractivity contribution in [3.8, 4) is 0 Å².